The number of rotatable bonds is 4. The lowest BCUT2D eigenvalue weighted by molar-refractivity contribution is -0.0273. The van der Waals surface area contributed by atoms with E-state index in [-0.39, 0.29) is 5.60 Å². The number of aromatic nitrogens is 3. The summed E-state index contributed by atoms with van der Waals surface area (Å²) in [6.45, 7) is 7.25. The summed E-state index contributed by atoms with van der Waals surface area (Å²) in [5.74, 6) is 0.437. The first-order valence-electron chi connectivity index (χ1n) is 4.33. The molecular formula is C8H16N4O. The first-order valence-corrected chi connectivity index (χ1v) is 4.33. The van der Waals surface area contributed by atoms with Crippen LogP contribution in [-0.4, -0.2) is 27.2 Å². The van der Waals surface area contributed by atoms with Gasteiger partial charge in [0.05, 0.1) is 18.3 Å². The Bertz CT molecular complexity index is 269. The zero-order valence-corrected chi connectivity index (χ0v) is 8.32. The van der Waals surface area contributed by atoms with Gasteiger partial charge < -0.3 is 10.5 Å². The summed E-state index contributed by atoms with van der Waals surface area (Å²) in [5, 5.41) is 7.97. The fourth-order valence-electron chi connectivity index (χ4n) is 1.16. The second kappa shape index (κ2) is 3.74. The fraction of sp³-hybridized carbons (Fsp3) is 0.750. The molecular weight excluding hydrogens is 168 g/mol. The largest absolute Gasteiger partial charge is 0.381 e. The quantitative estimate of drug-likeness (QED) is 0.747. The molecule has 1 aromatic rings. The highest BCUT2D eigenvalue weighted by atomic mass is 16.5. The Kier molecular flexibility index (Phi) is 2.87. The smallest absolute Gasteiger partial charge is 0.165 e. The molecule has 0 aliphatic rings. The van der Waals surface area contributed by atoms with E-state index in [1.807, 2.05) is 20.8 Å². The normalized spacial score (nSPS) is 11.9. The molecule has 0 saturated heterocycles. The van der Waals surface area contributed by atoms with Crippen LogP contribution in [0.4, 0.5) is 5.82 Å². The summed E-state index contributed by atoms with van der Waals surface area (Å²) < 4.78 is 5.50. The molecule has 0 aliphatic carbocycles. The van der Waals surface area contributed by atoms with Crippen molar-refractivity contribution < 1.29 is 4.74 Å². The van der Waals surface area contributed by atoms with Crippen molar-refractivity contribution in [2.45, 2.75) is 32.9 Å². The number of nitrogens with zero attached hydrogens (tertiary/aromatic N) is 3. The van der Waals surface area contributed by atoms with Crippen LogP contribution in [0.3, 0.4) is 0 Å². The predicted octanol–water partition coefficient (Wildman–Crippen LogP) is 0.675. The maximum absolute atomic E-state index is 5.50. The third-order valence-corrected chi connectivity index (χ3v) is 1.61. The van der Waals surface area contributed by atoms with Crippen molar-refractivity contribution in [1.82, 2.24) is 15.0 Å². The van der Waals surface area contributed by atoms with Gasteiger partial charge in [-0.3, -0.25) is 0 Å². The third kappa shape index (κ3) is 3.02. The second-order valence-electron chi connectivity index (χ2n) is 3.49. The van der Waals surface area contributed by atoms with Crippen LogP contribution in [0.15, 0.2) is 6.20 Å². The van der Waals surface area contributed by atoms with Crippen molar-refractivity contribution in [3.05, 3.63) is 6.20 Å². The van der Waals surface area contributed by atoms with Gasteiger partial charge in [-0.05, 0) is 20.8 Å². The van der Waals surface area contributed by atoms with Crippen LogP contribution in [0.1, 0.15) is 20.8 Å². The Hall–Kier alpha value is -1.10. The third-order valence-electron chi connectivity index (χ3n) is 1.61. The first-order chi connectivity index (χ1) is 6.03. The van der Waals surface area contributed by atoms with E-state index in [2.05, 4.69) is 10.2 Å². The molecule has 0 unspecified atom stereocenters. The molecule has 0 aliphatic heterocycles. The van der Waals surface area contributed by atoms with E-state index in [4.69, 9.17) is 10.5 Å². The van der Waals surface area contributed by atoms with Gasteiger partial charge in [-0.2, -0.15) is 9.90 Å². The molecule has 1 aromatic heterocycles. The lowest BCUT2D eigenvalue weighted by atomic mass is 10.1. The summed E-state index contributed by atoms with van der Waals surface area (Å²) in [6.07, 6.45) is 1.53. The van der Waals surface area contributed by atoms with Crippen LogP contribution in [-0.2, 0) is 11.3 Å². The number of hydrogen-bond donors (Lipinski definition) is 1. The minimum atomic E-state index is -0.250. The number of hydrogen-bond acceptors (Lipinski definition) is 4. The Morgan fingerprint density at radius 1 is 1.62 bits per heavy atom. The van der Waals surface area contributed by atoms with Crippen LogP contribution in [0.2, 0.25) is 0 Å². The molecule has 5 heteroatoms. The van der Waals surface area contributed by atoms with Gasteiger partial charge in [0.2, 0.25) is 0 Å². The Morgan fingerprint density at radius 3 is 2.77 bits per heavy atom. The van der Waals surface area contributed by atoms with Crippen LogP contribution >= 0.6 is 0 Å². The van der Waals surface area contributed by atoms with E-state index in [1.54, 1.807) is 4.80 Å². The number of nitrogens with two attached hydrogens (primary N) is 1. The monoisotopic (exact) mass is 184 g/mol. The number of anilines is 1. The van der Waals surface area contributed by atoms with Crippen molar-refractivity contribution in [2.75, 3.05) is 12.3 Å². The van der Waals surface area contributed by atoms with E-state index in [0.717, 1.165) is 0 Å². The number of ether oxygens (including phenoxy) is 1. The Morgan fingerprint density at radius 2 is 2.31 bits per heavy atom. The van der Waals surface area contributed by atoms with Crippen molar-refractivity contribution in [3.63, 3.8) is 0 Å². The van der Waals surface area contributed by atoms with Gasteiger partial charge in [-0.25, -0.2) is 0 Å². The maximum atomic E-state index is 5.50. The zero-order valence-electron chi connectivity index (χ0n) is 8.32. The molecule has 0 radical (unpaired) electrons. The Balaban J connectivity index is 2.57. The van der Waals surface area contributed by atoms with Gasteiger partial charge in [0.15, 0.2) is 5.82 Å². The van der Waals surface area contributed by atoms with Crippen molar-refractivity contribution in [3.8, 4) is 0 Å². The molecule has 0 bridgehead atoms. The molecule has 0 spiro atoms. The summed E-state index contributed by atoms with van der Waals surface area (Å²) in [6, 6.07) is 0. The van der Waals surface area contributed by atoms with Crippen LogP contribution in [0, 0.1) is 0 Å². The Labute approximate surface area is 77.9 Å². The second-order valence-corrected chi connectivity index (χ2v) is 3.49. The van der Waals surface area contributed by atoms with Crippen LogP contribution < -0.4 is 5.73 Å². The molecule has 1 rings (SSSR count). The molecule has 74 valence electrons. The van der Waals surface area contributed by atoms with Crippen molar-refractivity contribution in [2.24, 2.45) is 0 Å². The molecule has 0 saturated carbocycles. The summed E-state index contributed by atoms with van der Waals surface area (Å²) >= 11 is 0. The van der Waals surface area contributed by atoms with Crippen LogP contribution in [0.5, 0.6) is 0 Å². The van der Waals surface area contributed by atoms with Gasteiger partial charge >= 0.3 is 0 Å². The van der Waals surface area contributed by atoms with Crippen molar-refractivity contribution >= 4 is 5.82 Å². The van der Waals surface area contributed by atoms with E-state index >= 15 is 0 Å². The lowest BCUT2D eigenvalue weighted by Gasteiger charge is -2.23. The highest BCUT2D eigenvalue weighted by molar-refractivity contribution is 5.19. The summed E-state index contributed by atoms with van der Waals surface area (Å²) in [5.41, 5.74) is 5.19. The van der Waals surface area contributed by atoms with E-state index < -0.39 is 0 Å². The molecule has 0 atom stereocenters. The lowest BCUT2D eigenvalue weighted by Crippen LogP contribution is -2.31. The first kappa shape index (κ1) is 9.98. The highest BCUT2D eigenvalue weighted by Gasteiger charge is 2.19. The van der Waals surface area contributed by atoms with Gasteiger partial charge in [-0.15, -0.1) is 5.10 Å². The molecule has 0 fully saturated rings. The topological polar surface area (TPSA) is 66.0 Å². The minimum Gasteiger partial charge on any atom is -0.381 e. The van der Waals surface area contributed by atoms with Gasteiger partial charge in [0, 0.05) is 6.61 Å². The molecule has 13 heavy (non-hydrogen) atoms. The van der Waals surface area contributed by atoms with E-state index in [9.17, 15) is 0 Å². The van der Waals surface area contributed by atoms with E-state index in [1.165, 1.54) is 6.20 Å². The predicted molar refractivity (Wildman–Crippen MR) is 50.1 cm³/mol. The van der Waals surface area contributed by atoms with Gasteiger partial charge in [0.25, 0.3) is 0 Å². The molecule has 1 heterocycles. The van der Waals surface area contributed by atoms with Gasteiger partial charge in [-0.1, -0.05) is 0 Å². The summed E-state index contributed by atoms with van der Waals surface area (Å²) in [7, 11) is 0. The molecule has 5 nitrogen and oxygen atoms in total. The fourth-order valence-corrected chi connectivity index (χ4v) is 1.16. The van der Waals surface area contributed by atoms with Gasteiger partial charge in [0.1, 0.15) is 0 Å². The average molecular weight is 184 g/mol. The van der Waals surface area contributed by atoms with E-state index in [0.29, 0.717) is 19.0 Å². The SMILES string of the molecule is CCOC(C)(C)Cn1ncc(N)n1. The molecule has 0 aromatic carbocycles. The van der Waals surface area contributed by atoms with Crippen molar-refractivity contribution in [1.29, 1.82) is 0 Å². The molecule has 0 amide bonds. The minimum absolute atomic E-state index is 0.250. The number of nitrogen functional groups attached to an aromatic ring is 1. The standard InChI is InChI=1S/C8H16N4O/c1-4-13-8(2,3)6-12-10-5-7(9)11-12/h5H,4,6H2,1-3H3,(H2,9,11). The average Bonchev–Trinajstić information content (AvgIpc) is 2.34. The van der Waals surface area contributed by atoms with Crippen LogP contribution in [0.25, 0.3) is 0 Å². The molecule has 2 N–H and O–H groups in total. The summed E-state index contributed by atoms with van der Waals surface area (Å²) in [4.78, 5) is 1.55. The maximum Gasteiger partial charge on any atom is 0.165 e. The highest BCUT2D eigenvalue weighted by Crippen LogP contribution is 2.11. The zero-order chi connectivity index (χ0) is 9.90.